The summed E-state index contributed by atoms with van der Waals surface area (Å²) in [6.45, 7) is 17.7. The van der Waals surface area contributed by atoms with E-state index in [1.54, 1.807) is 5.57 Å². The van der Waals surface area contributed by atoms with Gasteiger partial charge in [-0.25, -0.2) is 0 Å². The van der Waals surface area contributed by atoms with Crippen molar-refractivity contribution < 1.29 is 14.3 Å². The predicted octanol–water partition coefficient (Wildman–Crippen LogP) is 7.24. The highest BCUT2D eigenvalue weighted by molar-refractivity contribution is 5.87. The third-order valence-corrected chi connectivity index (χ3v) is 10.6. The van der Waals surface area contributed by atoms with Crippen LogP contribution in [0.15, 0.2) is 23.3 Å². The molecule has 1 saturated heterocycles. The summed E-state index contributed by atoms with van der Waals surface area (Å²) in [5, 5.41) is 0. The van der Waals surface area contributed by atoms with E-state index in [0.717, 1.165) is 32.1 Å². The number of fused-ring (bicyclic) bond motifs is 2. The van der Waals surface area contributed by atoms with Crippen molar-refractivity contribution in [3.63, 3.8) is 0 Å². The van der Waals surface area contributed by atoms with E-state index < -0.39 is 5.60 Å². The smallest absolute Gasteiger partial charge is 0.164 e. The maximum Gasteiger partial charge on any atom is 0.164 e. The molecule has 6 atom stereocenters. The van der Waals surface area contributed by atoms with Gasteiger partial charge in [-0.05, 0) is 87.9 Å². The van der Waals surface area contributed by atoms with E-state index in [1.807, 2.05) is 13.8 Å². The van der Waals surface area contributed by atoms with E-state index in [1.165, 1.54) is 12.0 Å². The first-order valence-electron chi connectivity index (χ1n) is 13.4. The zero-order chi connectivity index (χ0) is 24.4. The molecule has 4 aliphatic rings. The fourth-order valence-electron chi connectivity index (χ4n) is 8.28. The molecule has 1 aliphatic heterocycles. The van der Waals surface area contributed by atoms with Crippen molar-refractivity contribution in [3.05, 3.63) is 23.3 Å². The van der Waals surface area contributed by atoms with E-state index in [4.69, 9.17) is 4.74 Å². The lowest BCUT2D eigenvalue weighted by atomic mass is 9.50. The van der Waals surface area contributed by atoms with Gasteiger partial charge in [-0.2, -0.15) is 0 Å². The van der Waals surface area contributed by atoms with E-state index in [0.29, 0.717) is 30.5 Å². The Balaban J connectivity index is 1.60. The molecule has 0 N–H and O–H groups in total. The standard InChI is InChI=1S/C30H46O3/c1-19-9-13-23-27(3,4)24(31)15-17-29(23,7)21(19)11-12-22-20(2)10-14-26-30(22,8)18-16-25(32)28(5,6)33-26/h9,13,20,22-23,26H,10-12,14-18H2,1-8H3/t20-,22-,23+,26+,29-,30+/m1/s1. The normalized spacial score (nSPS) is 42.5. The highest BCUT2D eigenvalue weighted by Gasteiger charge is 2.54. The number of rotatable bonds is 3. The van der Waals surface area contributed by atoms with Crippen LogP contribution < -0.4 is 0 Å². The topological polar surface area (TPSA) is 43.4 Å². The zero-order valence-electron chi connectivity index (χ0n) is 22.3. The lowest BCUT2D eigenvalue weighted by Crippen LogP contribution is -2.50. The first-order chi connectivity index (χ1) is 15.2. The van der Waals surface area contributed by atoms with Gasteiger partial charge in [-0.3, -0.25) is 9.59 Å². The summed E-state index contributed by atoms with van der Waals surface area (Å²) in [6.07, 6.45) is 12.5. The van der Waals surface area contributed by atoms with E-state index in [9.17, 15) is 9.59 Å². The second kappa shape index (κ2) is 8.18. The fourth-order valence-corrected chi connectivity index (χ4v) is 8.28. The SMILES string of the molecule is CC1=C(CC[C@@H]2[C@H](C)CC[C@@H]3OC(C)(C)C(=O)CC[C@]32C)[C@@]2(C)CCC(=O)C(C)(C)[C@@H]2C=C1. The van der Waals surface area contributed by atoms with Crippen molar-refractivity contribution in [2.75, 3.05) is 0 Å². The maximum absolute atomic E-state index is 12.8. The molecule has 0 aromatic rings. The van der Waals surface area contributed by atoms with Crippen LogP contribution in [-0.4, -0.2) is 23.3 Å². The fraction of sp³-hybridized carbons (Fsp3) is 0.800. The Kier molecular flexibility index (Phi) is 6.17. The molecule has 0 amide bonds. The molecule has 1 heterocycles. The first kappa shape index (κ1) is 24.9. The number of ketones is 2. The third kappa shape index (κ3) is 3.91. The van der Waals surface area contributed by atoms with Gasteiger partial charge in [0, 0.05) is 18.3 Å². The lowest BCUT2D eigenvalue weighted by Gasteiger charge is -2.53. The number of ether oxygens (including phenoxy) is 1. The molecule has 0 spiro atoms. The number of allylic oxidation sites excluding steroid dienone is 4. The minimum absolute atomic E-state index is 0.0438. The number of carbonyl (C=O) groups excluding carboxylic acids is 2. The quantitative estimate of drug-likeness (QED) is 0.451. The van der Waals surface area contributed by atoms with E-state index in [-0.39, 0.29) is 34.1 Å². The molecule has 3 fully saturated rings. The second-order valence-corrected chi connectivity index (χ2v) is 13.3. The molecule has 2 saturated carbocycles. The van der Waals surface area contributed by atoms with Crippen molar-refractivity contribution in [2.24, 2.45) is 34.0 Å². The number of hydrogen-bond donors (Lipinski definition) is 0. The van der Waals surface area contributed by atoms with Gasteiger partial charge in [0.15, 0.2) is 5.78 Å². The van der Waals surface area contributed by atoms with Crippen LogP contribution in [0.4, 0.5) is 0 Å². The van der Waals surface area contributed by atoms with Crippen LogP contribution in [0, 0.1) is 34.0 Å². The summed E-state index contributed by atoms with van der Waals surface area (Å²) in [5.41, 5.74) is 2.11. The Labute approximate surface area is 201 Å². The highest BCUT2D eigenvalue weighted by Crippen LogP contribution is 2.59. The van der Waals surface area contributed by atoms with Gasteiger partial charge < -0.3 is 4.74 Å². The Morgan fingerprint density at radius 2 is 1.64 bits per heavy atom. The number of carbonyl (C=O) groups is 2. The van der Waals surface area contributed by atoms with Crippen molar-refractivity contribution in [1.82, 2.24) is 0 Å². The van der Waals surface area contributed by atoms with Crippen LogP contribution in [0.3, 0.4) is 0 Å². The molecule has 0 aromatic carbocycles. The van der Waals surface area contributed by atoms with Gasteiger partial charge >= 0.3 is 0 Å². The van der Waals surface area contributed by atoms with Crippen molar-refractivity contribution >= 4 is 11.6 Å². The zero-order valence-corrected chi connectivity index (χ0v) is 22.3. The van der Waals surface area contributed by atoms with Crippen LogP contribution in [0.5, 0.6) is 0 Å². The van der Waals surface area contributed by atoms with E-state index in [2.05, 4.69) is 53.7 Å². The Morgan fingerprint density at radius 3 is 2.33 bits per heavy atom. The van der Waals surface area contributed by atoms with Gasteiger partial charge in [0.2, 0.25) is 0 Å². The van der Waals surface area contributed by atoms with Crippen molar-refractivity contribution in [3.8, 4) is 0 Å². The largest absolute Gasteiger partial charge is 0.364 e. The summed E-state index contributed by atoms with van der Waals surface area (Å²) in [6, 6.07) is 0. The number of Topliss-reactive ketones (excluding diaryl/α,β-unsaturated/α-hetero) is 2. The van der Waals surface area contributed by atoms with Crippen LogP contribution in [-0.2, 0) is 14.3 Å². The molecule has 4 rings (SSSR count). The molecule has 33 heavy (non-hydrogen) atoms. The molecule has 0 bridgehead atoms. The van der Waals surface area contributed by atoms with E-state index >= 15 is 0 Å². The first-order valence-corrected chi connectivity index (χ1v) is 13.4. The Hall–Kier alpha value is -1.22. The molecular formula is C30H46O3. The van der Waals surface area contributed by atoms with Crippen molar-refractivity contribution in [1.29, 1.82) is 0 Å². The molecule has 0 unspecified atom stereocenters. The minimum Gasteiger partial charge on any atom is -0.364 e. The number of hydrogen-bond acceptors (Lipinski definition) is 3. The molecular weight excluding hydrogens is 408 g/mol. The summed E-state index contributed by atoms with van der Waals surface area (Å²) in [7, 11) is 0. The summed E-state index contributed by atoms with van der Waals surface area (Å²) < 4.78 is 6.54. The predicted molar refractivity (Wildman–Crippen MR) is 134 cm³/mol. The molecule has 3 aliphatic carbocycles. The summed E-state index contributed by atoms with van der Waals surface area (Å²) in [5.74, 6) is 2.12. The average Bonchev–Trinajstić information content (AvgIpc) is 2.81. The second-order valence-electron chi connectivity index (χ2n) is 13.3. The lowest BCUT2D eigenvalue weighted by molar-refractivity contribution is -0.165. The molecule has 184 valence electrons. The Morgan fingerprint density at radius 1 is 0.970 bits per heavy atom. The summed E-state index contributed by atoms with van der Waals surface area (Å²) >= 11 is 0. The van der Waals surface area contributed by atoms with Gasteiger partial charge in [-0.15, -0.1) is 0 Å². The molecule has 0 radical (unpaired) electrons. The summed E-state index contributed by atoms with van der Waals surface area (Å²) in [4.78, 5) is 25.5. The maximum atomic E-state index is 12.8. The monoisotopic (exact) mass is 454 g/mol. The van der Waals surface area contributed by atoms with Crippen LogP contribution in [0.1, 0.15) is 107 Å². The van der Waals surface area contributed by atoms with Gasteiger partial charge in [0.1, 0.15) is 11.4 Å². The van der Waals surface area contributed by atoms with Gasteiger partial charge in [0.25, 0.3) is 0 Å². The van der Waals surface area contributed by atoms with Gasteiger partial charge in [0.05, 0.1) is 6.10 Å². The van der Waals surface area contributed by atoms with Crippen LogP contribution >= 0.6 is 0 Å². The van der Waals surface area contributed by atoms with Crippen LogP contribution in [0.2, 0.25) is 0 Å². The van der Waals surface area contributed by atoms with Crippen LogP contribution in [0.25, 0.3) is 0 Å². The minimum atomic E-state index is -0.665. The molecule has 3 heteroatoms. The highest BCUT2D eigenvalue weighted by atomic mass is 16.5. The van der Waals surface area contributed by atoms with Gasteiger partial charge in [-0.1, -0.05) is 57.9 Å². The third-order valence-electron chi connectivity index (χ3n) is 10.6. The molecule has 3 nitrogen and oxygen atoms in total. The average molecular weight is 455 g/mol. The Bertz CT molecular complexity index is 890. The van der Waals surface area contributed by atoms with Crippen molar-refractivity contribution in [2.45, 2.75) is 118 Å². The molecule has 0 aromatic heterocycles.